The minimum Gasteiger partial charge on any atom is -0.344 e. The smallest absolute Gasteiger partial charge is 0.249 e. The molecular weight excluding hydrogens is 538 g/mol. The number of nitrogens with two attached hydrogens (primary N) is 1. The van der Waals surface area contributed by atoms with Gasteiger partial charge in [-0.15, -0.1) is 10.2 Å². The van der Waals surface area contributed by atoms with E-state index in [-0.39, 0.29) is 18.2 Å². The van der Waals surface area contributed by atoms with E-state index in [1.165, 1.54) is 0 Å². The van der Waals surface area contributed by atoms with E-state index >= 15 is 0 Å². The molecule has 41 heavy (non-hydrogen) atoms. The van der Waals surface area contributed by atoms with E-state index in [4.69, 9.17) is 5.73 Å². The van der Waals surface area contributed by atoms with Crippen LogP contribution in [0.4, 0.5) is 5.69 Å². The number of rotatable bonds is 8. The zero-order valence-electron chi connectivity index (χ0n) is 23.3. The second-order valence-corrected chi connectivity index (χ2v) is 12.4. The molecule has 0 fully saturated rings. The highest BCUT2D eigenvalue weighted by molar-refractivity contribution is 7.84. The van der Waals surface area contributed by atoms with Crippen molar-refractivity contribution < 1.29 is 13.8 Å². The van der Waals surface area contributed by atoms with Gasteiger partial charge in [-0.25, -0.2) is 0 Å². The van der Waals surface area contributed by atoms with E-state index < -0.39 is 22.4 Å². The number of tetrazole rings is 1. The molecule has 0 spiro atoms. The van der Waals surface area contributed by atoms with Crippen LogP contribution in [0.1, 0.15) is 37.8 Å². The van der Waals surface area contributed by atoms with Gasteiger partial charge in [0, 0.05) is 45.2 Å². The molecule has 0 saturated heterocycles. The second kappa shape index (κ2) is 11.7. The molecule has 0 radical (unpaired) electrons. The Morgan fingerprint density at radius 1 is 1.12 bits per heavy atom. The molecule has 1 aliphatic rings. The van der Waals surface area contributed by atoms with E-state index in [1.54, 1.807) is 31.1 Å². The highest BCUT2D eigenvalue weighted by Gasteiger charge is 2.32. The third kappa shape index (κ3) is 6.58. The van der Waals surface area contributed by atoms with E-state index in [0.717, 1.165) is 33.5 Å². The van der Waals surface area contributed by atoms with Crippen LogP contribution in [0.5, 0.6) is 0 Å². The minimum atomic E-state index is -1.16. The molecule has 2 unspecified atom stereocenters. The summed E-state index contributed by atoms with van der Waals surface area (Å²) in [5, 5.41) is 17.3. The van der Waals surface area contributed by atoms with Crippen molar-refractivity contribution in [1.82, 2.24) is 25.9 Å². The maximum Gasteiger partial charge on any atom is 0.249 e. The Morgan fingerprint density at radius 2 is 1.85 bits per heavy atom. The van der Waals surface area contributed by atoms with Crippen molar-refractivity contribution in [3.05, 3.63) is 77.9 Å². The van der Waals surface area contributed by atoms with Gasteiger partial charge in [0.2, 0.25) is 17.6 Å². The van der Waals surface area contributed by atoms with Gasteiger partial charge < -0.3 is 16.0 Å². The van der Waals surface area contributed by atoms with Crippen molar-refractivity contribution in [2.24, 2.45) is 5.73 Å². The Morgan fingerprint density at radius 3 is 2.51 bits per heavy atom. The second-order valence-electron chi connectivity index (χ2n) is 11.0. The third-order valence-electron chi connectivity index (χ3n) is 7.01. The maximum absolute atomic E-state index is 13.9. The lowest BCUT2D eigenvalue weighted by Gasteiger charge is -2.27. The van der Waals surface area contributed by atoms with Crippen molar-refractivity contribution >= 4 is 28.3 Å². The highest BCUT2D eigenvalue weighted by atomic mass is 32.2. The molecule has 10 nitrogen and oxygen atoms in total. The number of hydrogen-bond acceptors (Lipinski definition) is 7. The summed E-state index contributed by atoms with van der Waals surface area (Å²) in [6.07, 6.45) is 2.74. The Labute approximate surface area is 241 Å². The van der Waals surface area contributed by atoms with Crippen molar-refractivity contribution in [3.8, 4) is 22.5 Å². The Kier molecular flexibility index (Phi) is 8.09. The lowest BCUT2D eigenvalue weighted by Crippen LogP contribution is -2.49. The molecule has 0 bridgehead atoms. The normalized spacial score (nSPS) is 16.1. The van der Waals surface area contributed by atoms with E-state index in [2.05, 4.69) is 25.9 Å². The summed E-state index contributed by atoms with van der Waals surface area (Å²) < 4.78 is 12.2. The molecule has 2 atom stereocenters. The molecule has 0 saturated carbocycles. The first-order valence-electron chi connectivity index (χ1n) is 13.4. The van der Waals surface area contributed by atoms with Gasteiger partial charge in [0.05, 0.1) is 6.54 Å². The number of aromatic amines is 1. The van der Waals surface area contributed by atoms with Gasteiger partial charge in [-0.2, -0.15) is 5.21 Å². The number of fused-ring (bicyclic) bond motifs is 1. The number of carbonyl (C=O) groups is 2. The average Bonchev–Trinajstić information content (AvgIpc) is 3.44. The average molecular weight is 572 g/mol. The number of hydrogen-bond donors (Lipinski definition) is 3. The van der Waals surface area contributed by atoms with E-state index in [1.807, 2.05) is 60.7 Å². The number of H-pyrrole nitrogens is 1. The molecule has 2 heterocycles. The summed E-state index contributed by atoms with van der Waals surface area (Å²) in [7, 11) is -1.16. The highest BCUT2D eigenvalue weighted by Crippen LogP contribution is 2.32. The van der Waals surface area contributed by atoms with Gasteiger partial charge >= 0.3 is 0 Å². The zero-order valence-corrected chi connectivity index (χ0v) is 24.1. The third-order valence-corrected chi connectivity index (χ3v) is 7.93. The van der Waals surface area contributed by atoms with Crippen LogP contribution in [-0.4, -0.2) is 54.5 Å². The number of aryl methyl sites for hydroxylation is 1. The van der Waals surface area contributed by atoms with Gasteiger partial charge in [0.25, 0.3) is 0 Å². The number of aromatic nitrogens is 4. The lowest BCUT2D eigenvalue weighted by atomic mass is 9.98. The predicted molar refractivity (Wildman–Crippen MR) is 158 cm³/mol. The summed E-state index contributed by atoms with van der Waals surface area (Å²) in [6, 6.07) is 20.7. The molecule has 4 N–H and O–H groups in total. The molecule has 0 aliphatic carbocycles. The zero-order chi connectivity index (χ0) is 29.1. The van der Waals surface area contributed by atoms with Crippen molar-refractivity contribution in [1.29, 1.82) is 0 Å². The van der Waals surface area contributed by atoms with Crippen LogP contribution in [0.25, 0.3) is 22.5 Å². The van der Waals surface area contributed by atoms with Crippen LogP contribution in [0.2, 0.25) is 0 Å². The quantitative estimate of drug-likeness (QED) is 0.294. The maximum atomic E-state index is 13.9. The number of benzene rings is 3. The fraction of sp³-hybridized carbons (Fsp3) is 0.300. The summed E-state index contributed by atoms with van der Waals surface area (Å²) in [5.74, 6) is 0.0560. The van der Waals surface area contributed by atoms with E-state index in [0.29, 0.717) is 30.1 Å². The van der Waals surface area contributed by atoms with Crippen molar-refractivity contribution in [2.45, 2.75) is 56.1 Å². The lowest BCUT2D eigenvalue weighted by molar-refractivity contribution is -0.128. The fourth-order valence-corrected chi connectivity index (χ4v) is 5.64. The van der Waals surface area contributed by atoms with Crippen LogP contribution in [0.15, 0.2) is 71.6 Å². The standard InChI is InChI=1S/C30H33N7O3S/c1-30(2,31)17-27(38)32-25-14-12-21-16-22(41(3)40)13-15-26(21)37(29(25)39)18-19-8-10-20(11-9-19)23-6-4-5-7-24(23)28-33-35-36-34-28/h4-11,13,15-16,25H,12,14,17-18,31H2,1-3H3,(H,32,38)(H,33,34,35,36). The Hall–Kier alpha value is -4.22. The molecule has 3 aromatic carbocycles. The van der Waals surface area contributed by atoms with Gasteiger partial charge in [-0.05, 0) is 72.4 Å². The Balaban J connectivity index is 1.44. The topological polar surface area (TPSA) is 147 Å². The Bertz CT molecular complexity index is 1580. The number of anilines is 1. The largest absolute Gasteiger partial charge is 0.344 e. The predicted octanol–water partition coefficient (Wildman–Crippen LogP) is 3.36. The first-order chi connectivity index (χ1) is 19.6. The van der Waals surface area contributed by atoms with Gasteiger partial charge in [-0.3, -0.25) is 13.8 Å². The summed E-state index contributed by atoms with van der Waals surface area (Å²) in [6.45, 7) is 3.86. The number of nitrogens with one attached hydrogen (secondary N) is 2. The minimum absolute atomic E-state index is 0.107. The monoisotopic (exact) mass is 571 g/mol. The SMILES string of the molecule is CS(=O)c1ccc2c(c1)CCC(NC(=O)CC(C)(C)N)C(=O)N2Cc1ccc(-c2ccccc2-c2nn[nH]n2)cc1. The summed E-state index contributed by atoms with van der Waals surface area (Å²) >= 11 is 0. The molecule has 1 aromatic heterocycles. The van der Waals surface area contributed by atoms with Crippen LogP contribution in [0.3, 0.4) is 0 Å². The van der Waals surface area contributed by atoms with Crippen LogP contribution in [-0.2, 0) is 33.4 Å². The van der Waals surface area contributed by atoms with Gasteiger partial charge in [-0.1, -0.05) is 48.5 Å². The van der Waals surface area contributed by atoms with Crippen molar-refractivity contribution in [2.75, 3.05) is 11.2 Å². The van der Waals surface area contributed by atoms with Gasteiger partial charge in [0.15, 0.2) is 0 Å². The first-order valence-corrected chi connectivity index (χ1v) is 14.9. The van der Waals surface area contributed by atoms with Gasteiger partial charge in [0.1, 0.15) is 6.04 Å². The van der Waals surface area contributed by atoms with Crippen molar-refractivity contribution in [3.63, 3.8) is 0 Å². The van der Waals surface area contributed by atoms with E-state index in [9.17, 15) is 13.8 Å². The summed E-state index contributed by atoms with van der Waals surface area (Å²) in [5.41, 5.74) is 10.7. The van der Waals surface area contributed by atoms with Crippen LogP contribution < -0.4 is 16.0 Å². The molecule has 11 heteroatoms. The van der Waals surface area contributed by atoms with Crippen LogP contribution in [0, 0.1) is 0 Å². The number of carbonyl (C=O) groups excluding carboxylic acids is 2. The number of amides is 2. The number of nitrogens with zero attached hydrogens (tertiary/aromatic N) is 4. The molecule has 1 aliphatic heterocycles. The molecule has 2 amide bonds. The molecular formula is C30H33N7O3S. The molecule has 212 valence electrons. The summed E-state index contributed by atoms with van der Waals surface area (Å²) in [4.78, 5) is 29.0. The fourth-order valence-electron chi connectivity index (χ4n) is 5.07. The molecule has 4 aromatic rings. The first kappa shape index (κ1) is 28.3. The molecule has 5 rings (SSSR count). The van der Waals surface area contributed by atoms with Crippen LogP contribution >= 0.6 is 0 Å².